The first-order chi connectivity index (χ1) is 13.6. The first kappa shape index (κ1) is 22.9. The zero-order valence-corrected chi connectivity index (χ0v) is 17.9. The van der Waals surface area contributed by atoms with Crippen molar-refractivity contribution in [2.45, 2.75) is 25.6 Å². The summed E-state index contributed by atoms with van der Waals surface area (Å²) in [4.78, 5) is 20.4. The molecule has 0 fully saturated rings. The van der Waals surface area contributed by atoms with E-state index in [0.717, 1.165) is 6.26 Å². The number of carbonyl (C=O) groups is 1. The van der Waals surface area contributed by atoms with E-state index in [1.807, 2.05) is 0 Å². The fraction of sp³-hybridized carbons (Fsp3) is 0.389. The van der Waals surface area contributed by atoms with Crippen LogP contribution in [-0.4, -0.2) is 55.0 Å². The van der Waals surface area contributed by atoms with Crippen LogP contribution < -0.4 is 16.0 Å². The number of nitrogens with one attached hydrogen (secondary N) is 3. The number of urea groups is 1. The Bertz CT molecular complexity index is 984. The fourth-order valence-electron chi connectivity index (χ4n) is 2.42. The van der Waals surface area contributed by atoms with E-state index in [0.29, 0.717) is 29.3 Å². The average molecular weight is 442 g/mol. The van der Waals surface area contributed by atoms with Crippen molar-refractivity contribution in [1.82, 2.24) is 15.3 Å². The molecule has 2 rings (SSSR count). The SMILES string of the molecule is CCNC(=O)Nc1ccc(-c2nc(CS(C)(=O)=O)cc(N[C@@H](C)CO)n2)cc1Cl. The van der Waals surface area contributed by atoms with Crippen LogP contribution >= 0.6 is 11.6 Å². The zero-order chi connectivity index (χ0) is 21.6. The van der Waals surface area contributed by atoms with E-state index < -0.39 is 9.84 Å². The highest BCUT2D eigenvalue weighted by Crippen LogP contribution is 2.28. The number of hydrogen-bond donors (Lipinski definition) is 4. The minimum Gasteiger partial charge on any atom is -0.394 e. The minimum atomic E-state index is -3.31. The van der Waals surface area contributed by atoms with E-state index in [9.17, 15) is 18.3 Å². The third kappa shape index (κ3) is 7.15. The Morgan fingerprint density at radius 1 is 1.28 bits per heavy atom. The fourth-order valence-corrected chi connectivity index (χ4v) is 3.34. The molecule has 9 nitrogen and oxygen atoms in total. The molecule has 4 N–H and O–H groups in total. The topological polar surface area (TPSA) is 133 Å². The Hall–Kier alpha value is -2.43. The minimum absolute atomic E-state index is 0.118. The van der Waals surface area contributed by atoms with Crippen LogP contribution in [0.3, 0.4) is 0 Å². The van der Waals surface area contributed by atoms with E-state index in [4.69, 9.17) is 11.6 Å². The molecule has 0 aliphatic heterocycles. The van der Waals surface area contributed by atoms with Crippen LogP contribution in [0.15, 0.2) is 24.3 Å². The molecule has 0 bridgehead atoms. The third-order valence-electron chi connectivity index (χ3n) is 3.67. The van der Waals surface area contributed by atoms with Crippen molar-refractivity contribution < 1.29 is 18.3 Å². The highest BCUT2D eigenvalue weighted by atomic mass is 35.5. The van der Waals surface area contributed by atoms with Crippen LogP contribution in [-0.2, 0) is 15.6 Å². The molecule has 0 radical (unpaired) electrons. The summed E-state index contributed by atoms with van der Waals surface area (Å²) in [5.41, 5.74) is 1.28. The van der Waals surface area contributed by atoms with E-state index >= 15 is 0 Å². The summed E-state index contributed by atoms with van der Waals surface area (Å²) < 4.78 is 23.4. The second kappa shape index (κ2) is 9.86. The molecule has 1 heterocycles. The largest absolute Gasteiger partial charge is 0.394 e. The van der Waals surface area contributed by atoms with Gasteiger partial charge in [0.2, 0.25) is 0 Å². The summed E-state index contributed by atoms with van der Waals surface area (Å²) in [7, 11) is -3.31. The lowest BCUT2D eigenvalue weighted by atomic mass is 10.2. The predicted molar refractivity (Wildman–Crippen MR) is 114 cm³/mol. The van der Waals surface area contributed by atoms with Gasteiger partial charge in [0.25, 0.3) is 0 Å². The van der Waals surface area contributed by atoms with Crippen LogP contribution in [0.5, 0.6) is 0 Å². The van der Waals surface area contributed by atoms with Crippen molar-refractivity contribution in [2.75, 3.05) is 30.0 Å². The molecule has 11 heteroatoms. The standard InChI is InChI=1S/C18H24ClN5O4S/c1-4-20-18(26)23-15-6-5-12(7-14(15)19)17-22-13(10-29(3,27)28)8-16(24-17)21-11(2)9-25/h5-8,11,25H,4,9-10H2,1-3H3,(H2,20,23,26)(H,21,22,24)/t11-/m0/s1. The van der Waals surface area contributed by atoms with Crippen LogP contribution in [0.4, 0.5) is 16.3 Å². The van der Waals surface area contributed by atoms with Crippen molar-refractivity contribution in [3.05, 3.63) is 35.0 Å². The summed E-state index contributed by atoms with van der Waals surface area (Å²) in [5.74, 6) is 0.399. The summed E-state index contributed by atoms with van der Waals surface area (Å²) >= 11 is 6.27. The van der Waals surface area contributed by atoms with Gasteiger partial charge in [-0.1, -0.05) is 11.6 Å². The lowest BCUT2D eigenvalue weighted by Crippen LogP contribution is -2.28. The molecular weight excluding hydrogens is 418 g/mol. The van der Waals surface area contributed by atoms with E-state index in [1.165, 1.54) is 6.07 Å². The maximum Gasteiger partial charge on any atom is 0.319 e. The quantitative estimate of drug-likeness (QED) is 0.493. The number of aliphatic hydroxyl groups excluding tert-OH is 1. The molecular formula is C18H24ClN5O4S. The highest BCUT2D eigenvalue weighted by Gasteiger charge is 2.14. The Labute approximate surface area is 174 Å². The number of nitrogens with zero attached hydrogens (tertiary/aromatic N) is 2. The molecule has 0 saturated heterocycles. The van der Waals surface area contributed by atoms with Gasteiger partial charge in [0, 0.05) is 30.5 Å². The van der Waals surface area contributed by atoms with Crippen molar-refractivity contribution in [3.8, 4) is 11.4 Å². The number of halogens is 1. The second-order valence-electron chi connectivity index (χ2n) is 6.55. The Balaban J connectivity index is 2.41. The van der Waals surface area contributed by atoms with E-state index in [1.54, 1.807) is 32.0 Å². The molecule has 1 aromatic carbocycles. The lowest BCUT2D eigenvalue weighted by molar-refractivity contribution is 0.252. The molecule has 158 valence electrons. The van der Waals surface area contributed by atoms with Gasteiger partial charge in [-0.3, -0.25) is 0 Å². The molecule has 29 heavy (non-hydrogen) atoms. The van der Waals surface area contributed by atoms with Crippen LogP contribution in [0.25, 0.3) is 11.4 Å². The van der Waals surface area contributed by atoms with Crippen LogP contribution in [0.1, 0.15) is 19.5 Å². The van der Waals surface area contributed by atoms with Crippen molar-refractivity contribution >= 4 is 39.0 Å². The molecule has 0 saturated carbocycles. The molecule has 1 atom stereocenters. The first-order valence-electron chi connectivity index (χ1n) is 8.89. The number of carbonyl (C=O) groups excluding carboxylic acids is 1. The molecule has 1 aromatic heterocycles. The summed E-state index contributed by atoms with van der Waals surface area (Å²) in [6.45, 7) is 3.92. The van der Waals surface area contributed by atoms with Crippen molar-refractivity contribution in [2.24, 2.45) is 0 Å². The van der Waals surface area contributed by atoms with Gasteiger partial charge in [0.05, 0.1) is 28.8 Å². The van der Waals surface area contributed by atoms with Gasteiger partial charge in [-0.15, -0.1) is 0 Å². The summed E-state index contributed by atoms with van der Waals surface area (Å²) in [6, 6.07) is 5.74. The number of amides is 2. The van der Waals surface area contributed by atoms with Gasteiger partial charge in [-0.2, -0.15) is 0 Å². The van der Waals surface area contributed by atoms with Gasteiger partial charge < -0.3 is 21.1 Å². The molecule has 0 spiro atoms. The smallest absolute Gasteiger partial charge is 0.319 e. The number of rotatable bonds is 8. The highest BCUT2D eigenvalue weighted by molar-refractivity contribution is 7.89. The molecule has 0 unspecified atom stereocenters. The first-order valence-corrected chi connectivity index (χ1v) is 11.3. The number of aliphatic hydroxyl groups is 1. The molecule has 2 amide bonds. The van der Waals surface area contributed by atoms with Crippen molar-refractivity contribution in [1.29, 1.82) is 0 Å². The Morgan fingerprint density at radius 2 is 2.00 bits per heavy atom. The number of anilines is 2. The lowest BCUT2D eigenvalue weighted by Gasteiger charge is -2.14. The normalized spacial score (nSPS) is 12.3. The maximum absolute atomic E-state index is 11.7. The van der Waals surface area contributed by atoms with Crippen LogP contribution in [0.2, 0.25) is 5.02 Å². The number of hydrogen-bond acceptors (Lipinski definition) is 7. The van der Waals surface area contributed by atoms with Crippen LogP contribution in [0, 0.1) is 0 Å². The maximum atomic E-state index is 11.7. The molecule has 0 aliphatic rings. The predicted octanol–water partition coefficient (Wildman–Crippen LogP) is 2.28. The zero-order valence-electron chi connectivity index (χ0n) is 16.4. The summed E-state index contributed by atoms with van der Waals surface area (Å²) in [5, 5.41) is 17.8. The Morgan fingerprint density at radius 3 is 2.59 bits per heavy atom. The van der Waals surface area contributed by atoms with E-state index in [2.05, 4.69) is 25.9 Å². The number of sulfone groups is 1. The number of aromatic nitrogens is 2. The summed E-state index contributed by atoms with van der Waals surface area (Å²) in [6.07, 6.45) is 1.12. The second-order valence-corrected chi connectivity index (χ2v) is 9.09. The molecule has 0 aliphatic carbocycles. The van der Waals surface area contributed by atoms with Gasteiger partial charge in [-0.25, -0.2) is 23.2 Å². The van der Waals surface area contributed by atoms with Gasteiger partial charge in [-0.05, 0) is 32.0 Å². The van der Waals surface area contributed by atoms with E-state index in [-0.39, 0.29) is 35.3 Å². The Kier molecular flexibility index (Phi) is 7.77. The molecule has 2 aromatic rings. The van der Waals surface area contributed by atoms with Gasteiger partial charge >= 0.3 is 6.03 Å². The third-order valence-corrected chi connectivity index (χ3v) is 4.80. The monoisotopic (exact) mass is 441 g/mol. The van der Waals surface area contributed by atoms with Gasteiger partial charge in [0.15, 0.2) is 15.7 Å². The average Bonchev–Trinajstić information content (AvgIpc) is 2.61. The number of benzene rings is 1. The van der Waals surface area contributed by atoms with Gasteiger partial charge in [0.1, 0.15) is 5.82 Å². The van der Waals surface area contributed by atoms with Crippen molar-refractivity contribution in [3.63, 3.8) is 0 Å².